The summed E-state index contributed by atoms with van der Waals surface area (Å²) in [4.78, 5) is 14.0. The fourth-order valence-corrected chi connectivity index (χ4v) is 1.67. The Kier molecular flexibility index (Phi) is 5.89. The number of benzene rings is 1. The third-order valence-electron chi connectivity index (χ3n) is 2.88. The van der Waals surface area contributed by atoms with Crippen molar-refractivity contribution in [2.75, 3.05) is 26.2 Å². The minimum Gasteiger partial charge on any atom is -0.351 e. The topological polar surface area (TPSA) is 56.1 Å². The van der Waals surface area contributed by atoms with Gasteiger partial charge in [-0.05, 0) is 37.4 Å². The van der Waals surface area contributed by atoms with E-state index in [1.807, 2.05) is 6.07 Å². The predicted molar refractivity (Wildman–Crippen MR) is 71.3 cm³/mol. The number of nitrogens with one attached hydrogen (secondary N) is 1. The number of amides is 1. The summed E-state index contributed by atoms with van der Waals surface area (Å²) >= 11 is 0. The molecule has 0 atom stereocenters. The molecule has 0 aliphatic carbocycles. The standard InChI is InChI=1S/C14H19N3O/c1-3-17(4-2)10-9-16-14(18)13-7-5-12(11-15)6-8-13/h5-8H,3-4,9-10H2,1-2H3,(H,16,18). The van der Waals surface area contributed by atoms with Crippen LogP contribution < -0.4 is 5.32 Å². The Morgan fingerprint density at radius 2 is 1.89 bits per heavy atom. The van der Waals surface area contributed by atoms with E-state index in [-0.39, 0.29) is 5.91 Å². The molecular formula is C14H19N3O. The van der Waals surface area contributed by atoms with Crippen LogP contribution in [0.25, 0.3) is 0 Å². The van der Waals surface area contributed by atoms with E-state index < -0.39 is 0 Å². The number of rotatable bonds is 6. The second kappa shape index (κ2) is 7.46. The third-order valence-corrected chi connectivity index (χ3v) is 2.88. The molecule has 0 saturated carbocycles. The van der Waals surface area contributed by atoms with Crippen molar-refractivity contribution >= 4 is 5.91 Å². The molecule has 96 valence electrons. The molecule has 0 aliphatic rings. The van der Waals surface area contributed by atoms with Crippen LogP contribution >= 0.6 is 0 Å². The van der Waals surface area contributed by atoms with E-state index in [1.54, 1.807) is 24.3 Å². The molecule has 1 rings (SSSR count). The van der Waals surface area contributed by atoms with Gasteiger partial charge >= 0.3 is 0 Å². The number of carbonyl (C=O) groups excluding carboxylic acids is 1. The molecule has 0 fully saturated rings. The van der Waals surface area contributed by atoms with Crippen LogP contribution in [0.15, 0.2) is 24.3 Å². The lowest BCUT2D eigenvalue weighted by Crippen LogP contribution is -2.34. The Morgan fingerprint density at radius 1 is 1.28 bits per heavy atom. The highest BCUT2D eigenvalue weighted by molar-refractivity contribution is 5.94. The molecule has 4 nitrogen and oxygen atoms in total. The monoisotopic (exact) mass is 245 g/mol. The molecule has 0 spiro atoms. The van der Waals surface area contributed by atoms with Gasteiger partial charge in [0.15, 0.2) is 0 Å². The Hall–Kier alpha value is -1.86. The first-order chi connectivity index (χ1) is 8.71. The number of carbonyl (C=O) groups is 1. The summed E-state index contributed by atoms with van der Waals surface area (Å²) in [5, 5.41) is 11.5. The average Bonchev–Trinajstić information content (AvgIpc) is 2.43. The maximum Gasteiger partial charge on any atom is 0.251 e. The number of nitrogens with zero attached hydrogens (tertiary/aromatic N) is 2. The molecule has 1 aromatic carbocycles. The predicted octanol–water partition coefficient (Wildman–Crippen LogP) is 1.63. The van der Waals surface area contributed by atoms with Crippen molar-refractivity contribution in [3.8, 4) is 6.07 Å². The molecule has 0 saturated heterocycles. The summed E-state index contributed by atoms with van der Waals surface area (Å²) in [7, 11) is 0. The van der Waals surface area contributed by atoms with Crippen molar-refractivity contribution < 1.29 is 4.79 Å². The van der Waals surface area contributed by atoms with E-state index >= 15 is 0 Å². The molecule has 0 aromatic heterocycles. The zero-order chi connectivity index (χ0) is 13.4. The first-order valence-corrected chi connectivity index (χ1v) is 6.22. The van der Waals surface area contributed by atoms with Gasteiger partial charge in [-0.25, -0.2) is 0 Å². The van der Waals surface area contributed by atoms with E-state index in [0.29, 0.717) is 17.7 Å². The van der Waals surface area contributed by atoms with Crippen molar-refractivity contribution in [2.24, 2.45) is 0 Å². The summed E-state index contributed by atoms with van der Waals surface area (Å²) in [5.74, 6) is -0.0911. The Balaban J connectivity index is 2.43. The lowest BCUT2D eigenvalue weighted by Gasteiger charge is -2.17. The highest BCUT2D eigenvalue weighted by atomic mass is 16.1. The first kappa shape index (κ1) is 14.2. The molecule has 0 bridgehead atoms. The highest BCUT2D eigenvalue weighted by Gasteiger charge is 2.05. The third kappa shape index (κ3) is 4.19. The van der Waals surface area contributed by atoms with E-state index in [0.717, 1.165) is 19.6 Å². The Labute approximate surface area is 108 Å². The smallest absolute Gasteiger partial charge is 0.251 e. The van der Waals surface area contributed by atoms with Crippen molar-refractivity contribution in [1.82, 2.24) is 10.2 Å². The van der Waals surface area contributed by atoms with Gasteiger partial charge < -0.3 is 10.2 Å². The van der Waals surface area contributed by atoms with Crippen LogP contribution in [0, 0.1) is 11.3 Å². The van der Waals surface area contributed by atoms with Crippen LogP contribution in [0.2, 0.25) is 0 Å². The minimum absolute atomic E-state index is 0.0911. The molecule has 1 aromatic rings. The lowest BCUT2D eigenvalue weighted by atomic mass is 10.1. The SMILES string of the molecule is CCN(CC)CCNC(=O)c1ccc(C#N)cc1. The van der Waals surface area contributed by atoms with Crippen LogP contribution in [0.5, 0.6) is 0 Å². The zero-order valence-corrected chi connectivity index (χ0v) is 10.9. The fraction of sp³-hybridized carbons (Fsp3) is 0.429. The maximum atomic E-state index is 11.8. The van der Waals surface area contributed by atoms with Crippen LogP contribution in [-0.4, -0.2) is 37.0 Å². The van der Waals surface area contributed by atoms with E-state index in [2.05, 4.69) is 24.1 Å². The maximum absolute atomic E-state index is 11.8. The molecule has 0 aliphatic heterocycles. The number of likely N-dealkylation sites (N-methyl/N-ethyl adjacent to an activating group) is 1. The largest absolute Gasteiger partial charge is 0.351 e. The van der Waals surface area contributed by atoms with Gasteiger partial charge in [0, 0.05) is 18.7 Å². The first-order valence-electron chi connectivity index (χ1n) is 6.22. The molecule has 0 unspecified atom stereocenters. The molecule has 0 radical (unpaired) electrons. The van der Waals surface area contributed by atoms with Crippen LogP contribution in [0.3, 0.4) is 0 Å². The summed E-state index contributed by atoms with van der Waals surface area (Å²) in [6, 6.07) is 8.68. The Bertz CT molecular complexity index is 416. The minimum atomic E-state index is -0.0911. The second-order valence-corrected chi connectivity index (χ2v) is 3.97. The van der Waals surface area contributed by atoms with Gasteiger partial charge in [0.2, 0.25) is 0 Å². The summed E-state index contributed by atoms with van der Waals surface area (Å²) in [6.07, 6.45) is 0. The van der Waals surface area contributed by atoms with Gasteiger partial charge in [-0.3, -0.25) is 4.79 Å². The van der Waals surface area contributed by atoms with E-state index in [9.17, 15) is 4.79 Å². The summed E-state index contributed by atoms with van der Waals surface area (Å²) in [5.41, 5.74) is 1.16. The molecular weight excluding hydrogens is 226 g/mol. The molecule has 4 heteroatoms. The van der Waals surface area contributed by atoms with Gasteiger partial charge in [0.25, 0.3) is 5.91 Å². The van der Waals surface area contributed by atoms with Crippen molar-refractivity contribution in [3.63, 3.8) is 0 Å². The van der Waals surface area contributed by atoms with Gasteiger partial charge in [0.05, 0.1) is 11.6 Å². The number of hydrogen-bond donors (Lipinski definition) is 1. The zero-order valence-electron chi connectivity index (χ0n) is 10.9. The van der Waals surface area contributed by atoms with Crippen molar-refractivity contribution in [2.45, 2.75) is 13.8 Å². The van der Waals surface area contributed by atoms with Gasteiger partial charge in [-0.1, -0.05) is 13.8 Å². The molecule has 1 amide bonds. The van der Waals surface area contributed by atoms with Gasteiger partial charge in [0.1, 0.15) is 0 Å². The fourth-order valence-electron chi connectivity index (χ4n) is 1.67. The normalized spacial score (nSPS) is 10.1. The molecule has 18 heavy (non-hydrogen) atoms. The highest BCUT2D eigenvalue weighted by Crippen LogP contribution is 2.02. The van der Waals surface area contributed by atoms with Crippen LogP contribution in [0.4, 0.5) is 0 Å². The quantitative estimate of drug-likeness (QED) is 0.828. The van der Waals surface area contributed by atoms with Gasteiger partial charge in [-0.2, -0.15) is 5.26 Å². The van der Waals surface area contributed by atoms with Crippen LogP contribution in [-0.2, 0) is 0 Å². The second-order valence-electron chi connectivity index (χ2n) is 3.97. The van der Waals surface area contributed by atoms with E-state index in [1.165, 1.54) is 0 Å². The van der Waals surface area contributed by atoms with Crippen molar-refractivity contribution in [1.29, 1.82) is 5.26 Å². The molecule has 0 heterocycles. The number of hydrogen-bond acceptors (Lipinski definition) is 3. The van der Waals surface area contributed by atoms with E-state index in [4.69, 9.17) is 5.26 Å². The van der Waals surface area contributed by atoms with Gasteiger partial charge in [-0.15, -0.1) is 0 Å². The Morgan fingerprint density at radius 3 is 2.39 bits per heavy atom. The molecule has 1 N–H and O–H groups in total. The van der Waals surface area contributed by atoms with Crippen molar-refractivity contribution in [3.05, 3.63) is 35.4 Å². The number of nitriles is 1. The van der Waals surface area contributed by atoms with Crippen LogP contribution in [0.1, 0.15) is 29.8 Å². The summed E-state index contributed by atoms with van der Waals surface area (Å²) < 4.78 is 0. The average molecular weight is 245 g/mol. The lowest BCUT2D eigenvalue weighted by molar-refractivity contribution is 0.0949. The summed E-state index contributed by atoms with van der Waals surface area (Å²) in [6.45, 7) is 7.68.